The second kappa shape index (κ2) is 4.99. The van der Waals surface area contributed by atoms with Gasteiger partial charge in [0, 0.05) is 10.7 Å². The van der Waals surface area contributed by atoms with Crippen molar-refractivity contribution in [3.63, 3.8) is 0 Å². The van der Waals surface area contributed by atoms with Crippen molar-refractivity contribution in [2.75, 3.05) is 0 Å². The molecule has 1 aromatic carbocycles. The van der Waals surface area contributed by atoms with Gasteiger partial charge in [0.1, 0.15) is 12.4 Å². The highest BCUT2D eigenvalue weighted by molar-refractivity contribution is 6.30. The van der Waals surface area contributed by atoms with E-state index in [0.29, 0.717) is 11.6 Å². The van der Waals surface area contributed by atoms with Crippen LogP contribution in [-0.2, 0) is 6.61 Å². The number of rotatable bonds is 3. The van der Waals surface area contributed by atoms with Crippen molar-refractivity contribution in [2.24, 2.45) is 0 Å². The minimum Gasteiger partial charge on any atom is -0.487 e. The minimum atomic E-state index is 0.460. The molecule has 0 N–H and O–H groups in total. The molecule has 2 nitrogen and oxygen atoms in total. The second-order valence-corrected chi connectivity index (χ2v) is 3.95. The summed E-state index contributed by atoms with van der Waals surface area (Å²) < 4.78 is 5.58. The highest BCUT2D eigenvalue weighted by atomic mass is 35.5. The third-order valence-electron chi connectivity index (χ3n) is 2.13. The van der Waals surface area contributed by atoms with E-state index < -0.39 is 0 Å². The maximum absolute atomic E-state index is 5.86. The monoisotopic (exact) mass is 233 g/mol. The molecule has 0 fully saturated rings. The summed E-state index contributed by atoms with van der Waals surface area (Å²) >= 11 is 5.86. The average molecular weight is 234 g/mol. The summed E-state index contributed by atoms with van der Waals surface area (Å²) in [6.07, 6.45) is 0. The quantitative estimate of drug-likeness (QED) is 0.808. The second-order valence-electron chi connectivity index (χ2n) is 3.52. The van der Waals surface area contributed by atoms with Crippen molar-refractivity contribution in [2.45, 2.75) is 13.5 Å². The van der Waals surface area contributed by atoms with Crippen LogP contribution in [0.1, 0.15) is 11.4 Å². The zero-order valence-corrected chi connectivity index (χ0v) is 9.74. The van der Waals surface area contributed by atoms with Crippen LogP contribution in [0.15, 0.2) is 42.5 Å². The number of aromatic nitrogens is 1. The molecule has 1 aromatic heterocycles. The molecule has 0 radical (unpaired) electrons. The predicted molar refractivity (Wildman–Crippen MR) is 64.8 cm³/mol. The van der Waals surface area contributed by atoms with Gasteiger partial charge in [-0.25, -0.2) is 0 Å². The number of aryl methyl sites for hydroxylation is 1. The molecule has 0 bridgehead atoms. The first kappa shape index (κ1) is 11.0. The third kappa shape index (κ3) is 2.97. The van der Waals surface area contributed by atoms with Gasteiger partial charge in [-0.1, -0.05) is 23.7 Å². The zero-order valence-electron chi connectivity index (χ0n) is 8.98. The summed E-state index contributed by atoms with van der Waals surface area (Å²) in [6.45, 7) is 2.42. The zero-order chi connectivity index (χ0) is 11.4. The Bertz CT molecular complexity index is 439. The number of nitrogens with zero attached hydrogens (tertiary/aromatic N) is 1. The van der Waals surface area contributed by atoms with E-state index in [0.717, 1.165) is 17.1 Å². The molecule has 0 unspecified atom stereocenters. The molecule has 16 heavy (non-hydrogen) atoms. The number of hydrogen-bond donors (Lipinski definition) is 0. The summed E-state index contributed by atoms with van der Waals surface area (Å²) in [7, 11) is 0. The Hall–Kier alpha value is -1.54. The lowest BCUT2D eigenvalue weighted by Gasteiger charge is -2.06. The van der Waals surface area contributed by atoms with Gasteiger partial charge in [0.25, 0.3) is 0 Å². The highest BCUT2D eigenvalue weighted by Gasteiger charge is 1.98. The molecule has 0 atom stereocenters. The van der Waals surface area contributed by atoms with Crippen molar-refractivity contribution >= 4 is 11.6 Å². The fourth-order valence-electron chi connectivity index (χ4n) is 1.39. The maximum Gasteiger partial charge on any atom is 0.130 e. The molecule has 2 aromatic rings. The van der Waals surface area contributed by atoms with Crippen molar-refractivity contribution in [3.8, 4) is 5.75 Å². The largest absolute Gasteiger partial charge is 0.487 e. The van der Waals surface area contributed by atoms with Gasteiger partial charge in [-0.3, -0.25) is 4.98 Å². The van der Waals surface area contributed by atoms with E-state index in [4.69, 9.17) is 16.3 Å². The van der Waals surface area contributed by atoms with Gasteiger partial charge in [-0.15, -0.1) is 0 Å². The van der Waals surface area contributed by atoms with Gasteiger partial charge in [0.2, 0.25) is 0 Å². The average Bonchev–Trinajstić information content (AvgIpc) is 2.27. The summed E-state index contributed by atoms with van der Waals surface area (Å²) in [5.41, 5.74) is 1.91. The summed E-state index contributed by atoms with van der Waals surface area (Å²) in [5, 5.41) is 0.676. The van der Waals surface area contributed by atoms with Crippen molar-refractivity contribution in [3.05, 3.63) is 58.9 Å². The van der Waals surface area contributed by atoms with E-state index in [1.54, 1.807) is 6.07 Å². The molecule has 0 aliphatic rings. The van der Waals surface area contributed by atoms with Crippen LogP contribution in [0, 0.1) is 6.92 Å². The van der Waals surface area contributed by atoms with E-state index in [9.17, 15) is 0 Å². The van der Waals surface area contributed by atoms with Gasteiger partial charge < -0.3 is 4.74 Å². The first-order chi connectivity index (χ1) is 7.74. The molecule has 0 amide bonds. The van der Waals surface area contributed by atoms with Gasteiger partial charge in [-0.05, 0) is 37.3 Å². The number of halogens is 1. The highest BCUT2D eigenvalue weighted by Crippen LogP contribution is 2.18. The fraction of sp³-hybridized carbons (Fsp3) is 0.154. The van der Waals surface area contributed by atoms with Crippen molar-refractivity contribution in [1.29, 1.82) is 0 Å². The van der Waals surface area contributed by atoms with Crippen LogP contribution in [0.25, 0.3) is 0 Å². The maximum atomic E-state index is 5.86. The molecule has 1 heterocycles. The first-order valence-corrected chi connectivity index (χ1v) is 5.43. The molecule has 0 aliphatic heterocycles. The SMILES string of the molecule is Cc1cccc(COc2cccc(Cl)c2)n1. The lowest BCUT2D eigenvalue weighted by atomic mass is 10.3. The van der Waals surface area contributed by atoms with Crippen molar-refractivity contribution in [1.82, 2.24) is 4.98 Å². The van der Waals surface area contributed by atoms with Gasteiger partial charge >= 0.3 is 0 Å². The molecular weight excluding hydrogens is 222 g/mol. The molecular formula is C13H12ClNO. The lowest BCUT2D eigenvalue weighted by Crippen LogP contribution is -1.98. The van der Waals surface area contributed by atoms with Crippen LogP contribution in [0.3, 0.4) is 0 Å². The van der Waals surface area contributed by atoms with Crippen LogP contribution < -0.4 is 4.74 Å². The van der Waals surface area contributed by atoms with Crippen LogP contribution in [0.5, 0.6) is 5.75 Å². The summed E-state index contributed by atoms with van der Waals surface area (Å²) in [4.78, 5) is 4.35. The van der Waals surface area contributed by atoms with Gasteiger partial charge in [0.05, 0.1) is 5.69 Å². The Morgan fingerprint density at radius 2 is 2.00 bits per heavy atom. The number of hydrogen-bond acceptors (Lipinski definition) is 2. The summed E-state index contributed by atoms with van der Waals surface area (Å²) in [6, 6.07) is 13.2. The van der Waals surface area contributed by atoms with Crippen LogP contribution in [0.2, 0.25) is 5.02 Å². The van der Waals surface area contributed by atoms with Crippen LogP contribution in [-0.4, -0.2) is 4.98 Å². The van der Waals surface area contributed by atoms with Crippen molar-refractivity contribution < 1.29 is 4.74 Å². The van der Waals surface area contributed by atoms with Crippen LogP contribution >= 0.6 is 11.6 Å². The Labute approximate surface area is 99.9 Å². The Morgan fingerprint density at radius 3 is 2.75 bits per heavy atom. The van der Waals surface area contributed by atoms with E-state index in [-0.39, 0.29) is 0 Å². The standard InChI is InChI=1S/C13H12ClNO/c1-10-4-2-6-12(15-10)9-16-13-7-3-5-11(14)8-13/h2-8H,9H2,1H3. The molecule has 0 aliphatic carbocycles. The lowest BCUT2D eigenvalue weighted by molar-refractivity contribution is 0.301. The Kier molecular flexibility index (Phi) is 3.42. The molecule has 2 rings (SSSR count). The Morgan fingerprint density at radius 1 is 1.19 bits per heavy atom. The molecule has 0 saturated carbocycles. The topological polar surface area (TPSA) is 22.1 Å². The minimum absolute atomic E-state index is 0.460. The molecule has 82 valence electrons. The summed E-state index contributed by atoms with van der Waals surface area (Å²) in [5.74, 6) is 0.760. The fourth-order valence-corrected chi connectivity index (χ4v) is 1.57. The van der Waals surface area contributed by atoms with E-state index in [2.05, 4.69) is 4.98 Å². The van der Waals surface area contributed by atoms with Crippen LogP contribution in [0.4, 0.5) is 0 Å². The first-order valence-electron chi connectivity index (χ1n) is 5.05. The van der Waals surface area contributed by atoms with Gasteiger partial charge in [-0.2, -0.15) is 0 Å². The molecule has 0 saturated heterocycles. The third-order valence-corrected chi connectivity index (χ3v) is 2.36. The van der Waals surface area contributed by atoms with E-state index in [1.807, 2.05) is 43.3 Å². The smallest absolute Gasteiger partial charge is 0.130 e. The van der Waals surface area contributed by atoms with E-state index >= 15 is 0 Å². The molecule has 0 spiro atoms. The normalized spacial score (nSPS) is 10.1. The Balaban J connectivity index is 2.02. The van der Waals surface area contributed by atoms with E-state index in [1.165, 1.54) is 0 Å². The number of pyridine rings is 1. The molecule has 3 heteroatoms. The van der Waals surface area contributed by atoms with Gasteiger partial charge in [0.15, 0.2) is 0 Å². The number of benzene rings is 1. The predicted octanol–water partition coefficient (Wildman–Crippen LogP) is 3.62. The number of ether oxygens (including phenoxy) is 1.